The van der Waals surface area contributed by atoms with Gasteiger partial charge in [-0.25, -0.2) is 4.79 Å². The van der Waals surface area contributed by atoms with E-state index in [4.69, 9.17) is 4.74 Å². The summed E-state index contributed by atoms with van der Waals surface area (Å²) in [4.78, 5) is 36.9. The predicted octanol–water partition coefficient (Wildman–Crippen LogP) is 0.635. The number of hydrogen-bond acceptors (Lipinski definition) is 4. The van der Waals surface area contributed by atoms with Crippen molar-refractivity contribution in [3.8, 4) is 0 Å². The Kier molecular flexibility index (Phi) is 5.99. The number of carbonyl (C=O) groups excluding carboxylic acids is 3. The number of carbonyl (C=O) groups is 3. The second-order valence-electron chi connectivity index (χ2n) is 5.64. The molecule has 1 aliphatic heterocycles. The van der Waals surface area contributed by atoms with E-state index < -0.39 is 6.04 Å². The van der Waals surface area contributed by atoms with E-state index in [1.165, 1.54) is 4.90 Å². The zero-order chi connectivity index (χ0) is 16.2. The fraction of sp³-hybridized carbons (Fsp3) is 0.786. The number of nitrogens with one attached hydrogen (secondary N) is 2. The van der Waals surface area contributed by atoms with Gasteiger partial charge in [-0.3, -0.25) is 9.59 Å². The van der Waals surface area contributed by atoms with E-state index in [2.05, 4.69) is 10.6 Å². The Balaban J connectivity index is 2.50. The SMILES string of the molecule is CC(C)OC(=O)CCNC(=O)N1C(C)C(=O)NC(C)C1C. The fourth-order valence-electron chi connectivity index (χ4n) is 2.23. The van der Waals surface area contributed by atoms with Gasteiger partial charge in [0.2, 0.25) is 5.91 Å². The maximum absolute atomic E-state index is 12.2. The predicted molar refractivity (Wildman–Crippen MR) is 77.6 cm³/mol. The second kappa shape index (κ2) is 7.28. The Hall–Kier alpha value is -1.79. The second-order valence-corrected chi connectivity index (χ2v) is 5.64. The van der Waals surface area contributed by atoms with E-state index >= 15 is 0 Å². The summed E-state index contributed by atoms with van der Waals surface area (Å²) in [6, 6.07) is -1.08. The fourth-order valence-corrected chi connectivity index (χ4v) is 2.23. The summed E-state index contributed by atoms with van der Waals surface area (Å²) in [5, 5.41) is 5.49. The Morgan fingerprint density at radius 1 is 1.33 bits per heavy atom. The summed E-state index contributed by atoms with van der Waals surface area (Å²) in [6.45, 7) is 9.16. The van der Waals surface area contributed by atoms with Gasteiger partial charge in [-0.1, -0.05) is 0 Å². The van der Waals surface area contributed by atoms with Crippen LogP contribution < -0.4 is 10.6 Å². The Bertz CT molecular complexity index is 411. The summed E-state index contributed by atoms with van der Waals surface area (Å²) < 4.78 is 4.99. The number of esters is 1. The van der Waals surface area contributed by atoms with Gasteiger partial charge in [-0.2, -0.15) is 0 Å². The minimum Gasteiger partial charge on any atom is -0.463 e. The van der Waals surface area contributed by atoms with Crippen molar-refractivity contribution in [2.45, 2.75) is 65.3 Å². The normalized spacial score (nSPS) is 25.5. The molecule has 0 saturated carbocycles. The highest BCUT2D eigenvalue weighted by molar-refractivity contribution is 5.88. The average Bonchev–Trinajstić information content (AvgIpc) is 2.35. The Morgan fingerprint density at radius 3 is 2.52 bits per heavy atom. The minimum atomic E-state index is -0.529. The van der Waals surface area contributed by atoms with Crippen LogP contribution in [0.5, 0.6) is 0 Å². The molecule has 0 aliphatic carbocycles. The maximum atomic E-state index is 12.2. The molecule has 2 N–H and O–H groups in total. The molecule has 0 aromatic heterocycles. The summed E-state index contributed by atoms with van der Waals surface area (Å²) >= 11 is 0. The quantitative estimate of drug-likeness (QED) is 0.746. The lowest BCUT2D eigenvalue weighted by Gasteiger charge is -2.42. The van der Waals surface area contributed by atoms with E-state index in [1.807, 2.05) is 13.8 Å². The van der Waals surface area contributed by atoms with Crippen LogP contribution in [0.4, 0.5) is 4.79 Å². The van der Waals surface area contributed by atoms with E-state index in [0.29, 0.717) is 0 Å². The molecule has 21 heavy (non-hydrogen) atoms. The van der Waals surface area contributed by atoms with Crippen molar-refractivity contribution in [1.29, 1.82) is 0 Å². The molecule has 0 aromatic rings. The minimum absolute atomic E-state index is 0.106. The molecule has 7 heteroatoms. The summed E-state index contributed by atoms with van der Waals surface area (Å²) in [7, 11) is 0. The van der Waals surface area contributed by atoms with Crippen LogP contribution in [0, 0.1) is 0 Å². The number of nitrogens with zero attached hydrogens (tertiary/aromatic N) is 1. The van der Waals surface area contributed by atoms with Crippen molar-refractivity contribution in [2.24, 2.45) is 0 Å². The highest BCUT2D eigenvalue weighted by Gasteiger charge is 2.38. The lowest BCUT2D eigenvalue weighted by atomic mass is 10.0. The number of piperazine rings is 1. The van der Waals surface area contributed by atoms with Gasteiger partial charge in [0.1, 0.15) is 6.04 Å². The molecule has 3 atom stereocenters. The molecular weight excluding hydrogens is 274 g/mol. The smallest absolute Gasteiger partial charge is 0.318 e. The van der Waals surface area contributed by atoms with Gasteiger partial charge in [0.05, 0.1) is 18.6 Å². The molecular formula is C14H25N3O4. The van der Waals surface area contributed by atoms with E-state index in [-0.39, 0.29) is 49.1 Å². The van der Waals surface area contributed by atoms with Crippen LogP contribution in [-0.2, 0) is 14.3 Å². The van der Waals surface area contributed by atoms with Crippen molar-refractivity contribution in [3.05, 3.63) is 0 Å². The highest BCUT2D eigenvalue weighted by Crippen LogP contribution is 2.15. The molecule has 1 fully saturated rings. The van der Waals surface area contributed by atoms with Crippen molar-refractivity contribution in [1.82, 2.24) is 15.5 Å². The number of rotatable bonds is 4. The van der Waals surface area contributed by atoms with E-state index in [9.17, 15) is 14.4 Å². The first-order valence-electron chi connectivity index (χ1n) is 7.30. The van der Waals surface area contributed by atoms with Crippen LogP contribution in [-0.4, -0.2) is 53.6 Å². The number of ether oxygens (including phenoxy) is 1. The van der Waals surface area contributed by atoms with Gasteiger partial charge in [0, 0.05) is 12.6 Å². The van der Waals surface area contributed by atoms with E-state index in [0.717, 1.165) is 0 Å². The third-order valence-corrected chi connectivity index (χ3v) is 3.54. The number of amides is 3. The largest absolute Gasteiger partial charge is 0.463 e. The van der Waals surface area contributed by atoms with Gasteiger partial charge in [0.15, 0.2) is 0 Å². The first-order valence-corrected chi connectivity index (χ1v) is 7.30. The van der Waals surface area contributed by atoms with Gasteiger partial charge in [-0.05, 0) is 34.6 Å². The lowest BCUT2D eigenvalue weighted by molar-refractivity contribution is -0.147. The van der Waals surface area contributed by atoms with Gasteiger partial charge < -0.3 is 20.3 Å². The molecule has 0 aromatic carbocycles. The molecule has 1 heterocycles. The topological polar surface area (TPSA) is 87.7 Å². The monoisotopic (exact) mass is 299 g/mol. The highest BCUT2D eigenvalue weighted by atomic mass is 16.5. The van der Waals surface area contributed by atoms with Crippen molar-refractivity contribution >= 4 is 17.9 Å². The molecule has 0 spiro atoms. The van der Waals surface area contributed by atoms with Crippen molar-refractivity contribution in [3.63, 3.8) is 0 Å². The molecule has 3 amide bonds. The standard InChI is InChI=1S/C14H25N3O4/c1-8(2)21-12(18)6-7-15-14(20)17-10(4)9(3)16-13(19)11(17)5/h8-11H,6-7H2,1-5H3,(H,15,20)(H,16,19). The zero-order valence-electron chi connectivity index (χ0n) is 13.3. The summed E-state index contributed by atoms with van der Waals surface area (Å²) in [6.07, 6.45) is -0.0534. The van der Waals surface area contributed by atoms with Crippen LogP contribution in [0.1, 0.15) is 41.0 Å². The summed E-state index contributed by atoms with van der Waals surface area (Å²) in [5.41, 5.74) is 0. The van der Waals surface area contributed by atoms with Crippen molar-refractivity contribution in [2.75, 3.05) is 6.54 Å². The van der Waals surface area contributed by atoms with E-state index in [1.54, 1.807) is 20.8 Å². The summed E-state index contributed by atoms with van der Waals surface area (Å²) in [5.74, 6) is -0.522. The van der Waals surface area contributed by atoms with Crippen LogP contribution in [0.15, 0.2) is 0 Å². The molecule has 7 nitrogen and oxygen atoms in total. The maximum Gasteiger partial charge on any atom is 0.318 e. The molecule has 1 aliphatic rings. The first kappa shape index (κ1) is 17.3. The van der Waals surface area contributed by atoms with Crippen molar-refractivity contribution < 1.29 is 19.1 Å². The molecule has 0 radical (unpaired) electrons. The van der Waals surface area contributed by atoms with Crippen LogP contribution in [0.2, 0.25) is 0 Å². The molecule has 3 unspecified atom stereocenters. The Morgan fingerprint density at radius 2 is 1.95 bits per heavy atom. The molecule has 120 valence electrons. The molecule has 1 saturated heterocycles. The number of urea groups is 1. The van der Waals surface area contributed by atoms with Crippen LogP contribution >= 0.6 is 0 Å². The van der Waals surface area contributed by atoms with Gasteiger partial charge >= 0.3 is 12.0 Å². The first-order chi connectivity index (χ1) is 9.73. The molecule has 1 rings (SSSR count). The van der Waals surface area contributed by atoms with Crippen LogP contribution in [0.25, 0.3) is 0 Å². The third-order valence-electron chi connectivity index (χ3n) is 3.54. The number of hydrogen-bond donors (Lipinski definition) is 2. The molecule has 0 bridgehead atoms. The van der Waals surface area contributed by atoms with Gasteiger partial charge in [-0.15, -0.1) is 0 Å². The Labute approximate surface area is 125 Å². The van der Waals surface area contributed by atoms with Gasteiger partial charge in [0.25, 0.3) is 0 Å². The zero-order valence-corrected chi connectivity index (χ0v) is 13.3. The van der Waals surface area contributed by atoms with Crippen LogP contribution in [0.3, 0.4) is 0 Å². The lowest BCUT2D eigenvalue weighted by Crippen LogP contribution is -2.65. The average molecular weight is 299 g/mol. The third kappa shape index (κ3) is 4.61.